The first kappa shape index (κ1) is 20.2. The zero-order valence-corrected chi connectivity index (χ0v) is 16.6. The topological polar surface area (TPSA) is 12.5 Å². The van der Waals surface area contributed by atoms with Gasteiger partial charge in [-0.2, -0.15) is 0 Å². The van der Waals surface area contributed by atoms with Crippen molar-refractivity contribution in [3.05, 3.63) is 0 Å². The molecule has 2 saturated heterocycles. The van der Waals surface area contributed by atoms with Gasteiger partial charge in [-0.1, -0.05) is 78.1 Å². The molecule has 2 aliphatic rings. The van der Waals surface area contributed by atoms with E-state index in [2.05, 4.69) is 18.7 Å². The maximum Gasteiger partial charge on any atom is 0.0509 e. The standard InChI is InChI=1S/C22H43NO/c1-3-5-7-9-11-13-22(14-12-10-8-6-4-2)23-17-20-15-16-24-19-21(20)18-23/h20-22H,3-19H2,1-2H3. The van der Waals surface area contributed by atoms with E-state index in [0.717, 1.165) is 31.1 Å². The molecule has 0 aromatic carbocycles. The number of nitrogens with zero attached hydrogens (tertiary/aromatic N) is 1. The molecule has 0 N–H and O–H groups in total. The van der Waals surface area contributed by atoms with Crippen molar-refractivity contribution in [3.63, 3.8) is 0 Å². The molecule has 0 aromatic rings. The van der Waals surface area contributed by atoms with E-state index < -0.39 is 0 Å². The van der Waals surface area contributed by atoms with Crippen LogP contribution in [0.1, 0.15) is 97.3 Å². The van der Waals surface area contributed by atoms with E-state index in [0.29, 0.717) is 0 Å². The van der Waals surface area contributed by atoms with Gasteiger partial charge in [-0.05, 0) is 31.1 Å². The first-order valence-corrected chi connectivity index (χ1v) is 11.2. The number of rotatable bonds is 13. The summed E-state index contributed by atoms with van der Waals surface area (Å²) < 4.78 is 5.74. The van der Waals surface area contributed by atoms with Crippen LogP contribution >= 0.6 is 0 Å². The minimum atomic E-state index is 0.835. The second-order valence-corrected chi connectivity index (χ2v) is 8.40. The second kappa shape index (κ2) is 12.3. The molecule has 2 unspecified atom stereocenters. The first-order valence-electron chi connectivity index (χ1n) is 11.2. The van der Waals surface area contributed by atoms with Crippen molar-refractivity contribution in [3.8, 4) is 0 Å². The van der Waals surface area contributed by atoms with Crippen molar-refractivity contribution < 1.29 is 4.74 Å². The van der Waals surface area contributed by atoms with Crippen LogP contribution in [0, 0.1) is 11.8 Å². The Morgan fingerprint density at radius 3 is 1.96 bits per heavy atom. The van der Waals surface area contributed by atoms with Crippen LogP contribution < -0.4 is 0 Å². The number of ether oxygens (including phenoxy) is 1. The number of hydrogen-bond acceptors (Lipinski definition) is 2. The lowest BCUT2D eigenvalue weighted by atomic mass is 9.92. The number of fused-ring (bicyclic) bond motifs is 1. The molecule has 0 bridgehead atoms. The van der Waals surface area contributed by atoms with E-state index in [1.165, 1.54) is 96.6 Å². The summed E-state index contributed by atoms with van der Waals surface area (Å²) in [6.07, 6.45) is 18.4. The molecule has 2 fully saturated rings. The molecule has 24 heavy (non-hydrogen) atoms. The van der Waals surface area contributed by atoms with E-state index in [1.54, 1.807) is 0 Å². The van der Waals surface area contributed by atoms with Crippen molar-refractivity contribution in [2.75, 3.05) is 26.3 Å². The highest BCUT2D eigenvalue weighted by Gasteiger charge is 2.37. The van der Waals surface area contributed by atoms with Crippen molar-refractivity contribution in [2.24, 2.45) is 11.8 Å². The Labute approximate surface area is 151 Å². The zero-order valence-electron chi connectivity index (χ0n) is 16.6. The zero-order chi connectivity index (χ0) is 17.0. The third kappa shape index (κ3) is 7.04. The Bertz CT molecular complexity index is 278. The molecule has 0 saturated carbocycles. The van der Waals surface area contributed by atoms with Crippen LogP contribution in [-0.2, 0) is 4.74 Å². The van der Waals surface area contributed by atoms with Crippen LogP contribution in [-0.4, -0.2) is 37.2 Å². The smallest absolute Gasteiger partial charge is 0.0509 e. The normalized spacial score (nSPS) is 24.6. The van der Waals surface area contributed by atoms with Gasteiger partial charge in [0.25, 0.3) is 0 Å². The minimum absolute atomic E-state index is 0.835. The monoisotopic (exact) mass is 337 g/mol. The summed E-state index contributed by atoms with van der Waals surface area (Å²) in [5.74, 6) is 1.77. The van der Waals surface area contributed by atoms with Crippen LogP contribution in [0.3, 0.4) is 0 Å². The molecule has 0 aliphatic carbocycles. The van der Waals surface area contributed by atoms with Crippen LogP contribution in [0.5, 0.6) is 0 Å². The third-order valence-electron chi connectivity index (χ3n) is 6.37. The number of likely N-dealkylation sites (tertiary alicyclic amines) is 1. The van der Waals surface area contributed by atoms with E-state index in [1.807, 2.05) is 0 Å². The molecule has 2 heterocycles. The first-order chi connectivity index (χ1) is 11.8. The molecule has 2 atom stereocenters. The fourth-order valence-corrected chi connectivity index (χ4v) is 4.73. The Morgan fingerprint density at radius 1 is 0.792 bits per heavy atom. The van der Waals surface area contributed by atoms with Gasteiger partial charge < -0.3 is 4.74 Å². The van der Waals surface area contributed by atoms with Crippen LogP contribution in [0.2, 0.25) is 0 Å². The largest absolute Gasteiger partial charge is 0.381 e. The summed E-state index contributed by atoms with van der Waals surface area (Å²) in [7, 11) is 0. The Kier molecular flexibility index (Phi) is 10.4. The molecule has 0 radical (unpaired) electrons. The summed E-state index contributed by atoms with van der Waals surface area (Å²) in [5, 5.41) is 0. The van der Waals surface area contributed by atoms with E-state index >= 15 is 0 Å². The summed E-state index contributed by atoms with van der Waals surface area (Å²) in [5.41, 5.74) is 0. The lowest BCUT2D eigenvalue weighted by Gasteiger charge is -2.28. The minimum Gasteiger partial charge on any atom is -0.381 e. The SMILES string of the molecule is CCCCCCCC(CCCCCCC)N1CC2CCOCC2C1. The highest BCUT2D eigenvalue weighted by molar-refractivity contribution is 4.89. The molecular weight excluding hydrogens is 294 g/mol. The van der Waals surface area contributed by atoms with Gasteiger partial charge >= 0.3 is 0 Å². The van der Waals surface area contributed by atoms with Gasteiger partial charge in [-0.25, -0.2) is 0 Å². The molecule has 2 rings (SSSR count). The van der Waals surface area contributed by atoms with Gasteiger partial charge in [-0.15, -0.1) is 0 Å². The van der Waals surface area contributed by atoms with Gasteiger partial charge in [0.1, 0.15) is 0 Å². The van der Waals surface area contributed by atoms with Gasteiger partial charge in [-0.3, -0.25) is 4.90 Å². The highest BCUT2D eigenvalue weighted by Crippen LogP contribution is 2.33. The summed E-state index contributed by atoms with van der Waals surface area (Å²) in [6.45, 7) is 9.34. The van der Waals surface area contributed by atoms with Crippen molar-refractivity contribution in [1.82, 2.24) is 4.90 Å². The molecule has 0 spiro atoms. The van der Waals surface area contributed by atoms with Crippen LogP contribution in [0.4, 0.5) is 0 Å². The number of hydrogen-bond donors (Lipinski definition) is 0. The number of unbranched alkanes of at least 4 members (excludes halogenated alkanes) is 8. The Balaban J connectivity index is 1.73. The predicted molar refractivity (Wildman–Crippen MR) is 105 cm³/mol. The molecule has 2 nitrogen and oxygen atoms in total. The molecule has 2 heteroatoms. The maximum atomic E-state index is 5.74. The third-order valence-corrected chi connectivity index (χ3v) is 6.37. The second-order valence-electron chi connectivity index (χ2n) is 8.40. The van der Waals surface area contributed by atoms with Gasteiger partial charge in [0, 0.05) is 25.7 Å². The molecule has 2 aliphatic heterocycles. The van der Waals surface area contributed by atoms with E-state index in [-0.39, 0.29) is 0 Å². The predicted octanol–water partition coefficient (Wildman–Crippen LogP) is 6.04. The van der Waals surface area contributed by atoms with E-state index in [9.17, 15) is 0 Å². The maximum absolute atomic E-state index is 5.74. The Hall–Kier alpha value is -0.0800. The quantitative estimate of drug-likeness (QED) is 0.380. The van der Waals surface area contributed by atoms with Crippen LogP contribution in [0.15, 0.2) is 0 Å². The molecule has 142 valence electrons. The fraction of sp³-hybridized carbons (Fsp3) is 1.00. The van der Waals surface area contributed by atoms with Crippen molar-refractivity contribution >= 4 is 0 Å². The summed E-state index contributed by atoms with van der Waals surface area (Å²) in [4.78, 5) is 2.86. The van der Waals surface area contributed by atoms with Crippen molar-refractivity contribution in [2.45, 2.75) is 103 Å². The Morgan fingerprint density at radius 2 is 1.38 bits per heavy atom. The average Bonchev–Trinajstić information content (AvgIpc) is 3.03. The molecular formula is C22H43NO. The van der Waals surface area contributed by atoms with Crippen molar-refractivity contribution in [1.29, 1.82) is 0 Å². The van der Waals surface area contributed by atoms with Gasteiger partial charge in [0.15, 0.2) is 0 Å². The highest BCUT2D eigenvalue weighted by atomic mass is 16.5. The lowest BCUT2D eigenvalue weighted by molar-refractivity contribution is 0.0369. The van der Waals surface area contributed by atoms with Gasteiger partial charge in [0.05, 0.1) is 6.61 Å². The molecule has 0 aromatic heterocycles. The van der Waals surface area contributed by atoms with E-state index in [4.69, 9.17) is 4.74 Å². The fourth-order valence-electron chi connectivity index (χ4n) is 4.73. The summed E-state index contributed by atoms with van der Waals surface area (Å²) in [6, 6.07) is 0.860. The molecule has 0 amide bonds. The average molecular weight is 338 g/mol. The van der Waals surface area contributed by atoms with Crippen LogP contribution in [0.25, 0.3) is 0 Å². The lowest BCUT2D eigenvalue weighted by Crippen LogP contribution is -2.34. The summed E-state index contributed by atoms with van der Waals surface area (Å²) >= 11 is 0. The van der Waals surface area contributed by atoms with Gasteiger partial charge in [0.2, 0.25) is 0 Å².